The van der Waals surface area contributed by atoms with E-state index in [4.69, 9.17) is 5.73 Å². The summed E-state index contributed by atoms with van der Waals surface area (Å²) in [5.41, 5.74) is 8.82. The molecule has 0 spiro atoms. The number of para-hydroxylation sites is 1. The van der Waals surface area contributed by atoms with Crippen LogP contribution in [0.4, 0.5) is 5.82 Å². The van der Waals surface area contributed by atoms with Gasteiger partial charge in [-0.15, -0.1) is 11.3 Å². The van der Waals surface area contributed by atoms with Gasteiger partial charge >= 0.3 is 0 Å². The van der Waals surface area contributed by atoms with Crippen LogP contribution in [0.1, 0.15) is 32.9 Å². The highest BCUT2D eigenvalue weighted by atomic mass is 32.1. The quantitative estimate of drug-likeness (QED) is 0.289. The molecule has 36 heavy (non-hydrogen) atoms. The average Bonchev–Trinajstić information content (AvgIpc) is 3.55. The van der Waals surface area contributed by atoms with Crippen LogP contribution in [0.15, 0.2) is 78.2 Å². The van der Waals surface area contributed by atoms with Gasteiger partial charge in [-0.2, -0.15) is 10.4 Å². The van der Waals surface area contributed by atoms with Gasteiger partial charge in [0.15, 0.2) is 0 Å². The van der Waals surface area contributed by atoms with Gasteiger partial charge in [-0.25, -0.2) is 4.68 Å². The Balaban J connectivity index is 1.38. The first-order valence-electron chi connectivity index (χ1n) is 11.6. The Bertz CT molecular complexity index is 1340. The first-order chi connectivity index (χ1) is 17.6. The number of nitrogens with two attached hydrogens (primary N) is 1. The molecule has 1 unspecified atom stereocenters. The molecule has 2 aromatic heterocycles. The summed E-state index contributed by atoms with van der Waals surface area (Å²) in [4.78, 5) is 26.2. The number of thiophene rings is 1. The maximum Gasteiger partial charge on any atom is 0.262 e. The highest BCUT2D eigenvalue weighted by Gasteiger charge is 2.22. The molecule has 0 bridgehead atoms. The lowest BCUT2D eigenvalue weighted by atomic mass is 10.0. The molecule has 2 heterocycles. The lowest BCUT2D eigenvalue weighted by Crippen LogP contribution is -2.48. The predicted molar refractivity (Wildman–Crippen MR) is 140 cm³/mol. The topological polar surface area (TPSA) is 126 Å². The summed E-state index contributed by atoms with van der Waals surface area (Å²) in [6.45, 7) is 0.363. The second-order valence-corrected chi connectivity index (χ2v) is 9.10. The molecule has 1 atom stereocenters. The van der Waals surface area contributed by atoms with Crippen molar-refractivity contribution in [3.63, 3.8) is 0 Å². The van der Waals surface area contributed by atoms with E-state index < -0.39 is 6.04 Å². The molecule has 2 aromatic carbocycles. The Labute approximate surface area is 213 Å². The number of hydrogen-bond donors (Lipinski definition) is 3. The third-order valence-corrected chi connectivity index (χ3v) is 6.51. The zero-order valence-electron chi connectivity index (χ0n) is 19.6. The van der Waals surface area contributed by atoms with Crippen molar-refractivity contribution >= 4 is 29.0 Å². The number of carbonyl (C=O) groups is 2. The number of anilines is 1. The van der Waals surface area contributed by atoms with Gasteiger partial charge in [-0.3, -0.25) is 9.59 Å². The number of benzene rings is 2. The number of aromatic nitrogens is 2. The molecule has 182 valence electrons. The molecule has 0 radical (unpaired) electrons. The molecule has 0 saturated heterocycles. The van der Waals surface area contributed by atoms with Gasteiger partial charge in [0.25, 0.3) is 5.91 Å². The smallest absolute Gasteiger partial charge is 0.262 e. The van der Waals surface area contributed by atoms with Crippen molar-refractivity contribution in [2.45, 2.75) is 25.3 Å². The summed E-state index contributed by atoms with van der Waals surface area (Å²) in [6.07, 6.45) is 1.40. The molecule has 9 heteroatoms. The molecule has 4 aromatic rings. The number of hydrogen-bond acceptors (Lipinski definition) is 6. The minimum atomic E-state index is -0.718. The zero-order chi connectivity index (χ0) is 25.3. The fourth-order valence-electron chi connectivity index (χ4n) is 3.83. The molecule has 0 aliphatic heterocycles. The lowest BCUT2D eigenvalue weighted by molar-refractivity contribution is -0.122. The number of nitriles is 1. The Morgan fingerprint density at radius 1 is 1.06 bits per heavy atom. The second-order valence-electron chi connectivity index (χ2n) is 8.15. The number of nitrogens with one attached hydrogen (secondary N) is 2. The van der Waals surface area contributed by atoms with Gasteiger partial charge in [-0.05, 0) is 42.0 Å². The van der Waals surface area contributed by atoms with Crippen molar-refractivity contribution in [1.82, 2.24) is 20.4 Å². The van der Waals surface area contributed by atoms with E-state index in [1.807, 2.05) is 66.0 Å². The molecular formula is C27H26N6O2S. The van der Waals surface area contributed by atoms with Gasteiger partial charge in [0, 0.05) is 13.0 Å². The van der Waals surface area contributed by atoms with Crippen LogP contribution in [-0.4, -0.2) is 34.2 Å². The Kier molecular flexibility index (Phi) is 8.11. The van der Waals surface area contributed by atoms with E-state index >= 15 is 0 Å². The molecule has 0 aliphatic rings. The minimum absolute atomic E-state index is 0.265. The second kappa shape index (κ2) is 11.8. The van der Waals surface area contributed by atoms with Gasteiger partial charge < -0.3 is 16.4 Å². The number of carbonyl (C=O) groups excluding carboxylic acids is 2. The molecular weight excluding hydrogens is 472 g/mol. The monoisotopic (exact) mass is 498 g/mol. The zero-order valence-corrected chi connectivity index (χ0v) is 20.4. The molecule has 2 amide bonds. The molecule has 8 nitrogen and oxygen atoms in total. The summed E-state index contributed by atoms with van der Waals surface area (Å²) in [5, 5.41) is 21.7. The first-order valence-corrected chi connectivity index (χ1v) is 12.4. The Morgan fingerprint density at radius 2 is 1.78 bits per heavy atom. The summed E-state index contributed by atoms with van der Waals surface area (Å²) in [7, 11) is 0. The molecule has 4 N–H and O–H groups in total. The predicted octanol–water partition coefficient (Wildman–Crippen LogP) is 3.48. The molecule has 0 aliphatic carbocycles. The van der Waals surface area contributed by atoms with E-state index in [0.29, 0.717) is 47.8 Å². The lowest BCUT2D eigenvalue weighted by Gasteiger charge is -2.18. The molecule has 0 fully saturated rings. The van der Waals surface area contributed by atoms with Crippen molar-refractivity contribution in [3.8, 4) is 11.8 Å². The summed E-state index contributed by atoms with van der Waals surface area (Å²) < 4.78 is 1.56. The maximum atomic E-state index is 13.0. The Morgan fingerprint density at radius 3 is 2.44 bits per heavy atom. The van der Waals surface area contributed by atoms with E-state index in [2.05, 4.69) is 21.8 Å². The number of aryl methyl sites for hydroxylation is 1. The van der Waals surface area contributed by atoms with Crippen molar-refractivity contribution in [2.75, 3.05) is 12.3 Å². The average molecular weight is 499 g/mol. The van der Waals surface area contributed by atoms with Gasteiger partial charge in [-0.1, -0.05) is 54.6 Å². The minimum Gasteiger partial charge on any atom is -0.382 e. The van der Waals surface area contributed by atoms with Gasteiger partial charge in [0.1, 0.15) is 23.5 Å². The van der Waals surface area contributed by atoms with E-state index in [1.54, 1.807) is 16.8 Å². The number of rotatable bonds is 10. The van der Waals surface area contributed by atoms with E-state index in [-0.39, 0.29) is 11.8 Å². The summed E-state index contributed by atoms with van der Waals surface area (Å²) in [6, 6.07) is 23.9. The molecule has 4 rings (SSSR count). The van der Waals surface area contributed by atoms with Crippen molar-refractivity contribution in [3.05, 3.63) is 99.9 Å². The third-order valence-electron chi connectivity index (χ3n) is 5.65. The molecule has 0 saturated carbocycles. The largest absolute Gasteiger partial charge is 0.382 e. The third kappa shape index (κ3) is 5.98. The van der Waals surface area contributed by atoms with Crippen LogP contribution >= 0.6 is 11.3 Å². The highest BCUT2D eigenvalue weighted by Crippen LogP contribution is 2.21. The van der Waals surface area contributed by atoms with Crippen molar-refractivity contribution < 1.29 is 9.59 Å². The highest BCUT2D eigenvalue weighted by molar-refractivity contribution is 7.12. The number of nitrogens with zero attached hydrogens (tertiary/aromatic N) is 3. The van der Waals surface area contributed by atoms with Crippen LogP contribution in [0.3, 0.4) is 0 Å². The normalized spacial score (nSPS) is 11.4. The van der Waals surface area contributed by atoms with Crippen LogP contribution in [0.25, 0.3) is 5.69 Å². The number of nitrogen functional groups attached to an aromatic ring is 1. The van der Waals surface area contributed by atoms with E-state index in [1.165, 1.54) is 11.3 Å². The van der Waals surface area contributed by atoms with E-state index in [9.17, 15) is 14.9 Å². The fourth-order valence-corrected chi connectivity index (χ4v) is 4.45. The summed E-state index contributed by atoms with van der Waals surface area (Å²) >= 11 is 1.33. The first kappa shape index (κ1) is 24.7. The van der Waals surface area contributed by atoms with Crippen LogP contribution < -0.4 is 16.4 Å². The van der Waals surface area contributed by atoms with Crippen LogP contribution in [-0.2, 0) is 17.6 Å². The summed E-state index contributed by atoms with van der Waals surface area (Å²) in [5.74, 6) is -0.248. The van der Waals surface area contributed by atoms with Gasteiger partial charge in [0.2, 0.25) is 5.91 Å². The van der Waals surface area contributed by atoms with Crippen molar-refractivity contribution in [1.29, 1.82) is 5.26 Å². The fraction of sp³-hybridized carbons (Fsp3) is 0.185. The van der Waals surface area contributed by atoms with Crippen LogP contribution in [0.5, 0.6) is 0 Å². The number of amides is 2. The standard InChI is InChI=1S/C27H26N6O2S/c28-18-21-22(32-33(25(21)29)20-11-5-2-6-12-20)13-7-15-30-26(34)23(17-19-9-3-1-4-10-19)31-27(35)24-14-8-16-36-24/h1-6,8-12,14,16,23H,7,13,15,17,29H2,(H,30,34)(H,31,35). The van der Waals surface area contributed by atoms with Gasteiger partial charge in [0.05, 0.1) is 16.3 Å². The van der Waals surface area contributed by atoms with Crippen LogP contribution in [0.2, 0.25) is 0 Å². The maximum absolute atomic E-state index is 13.0. The van der Waals surface area contributed by atoms with E-state index in [0.717, 1.165) is 11.3 Å². The van der Waals surface area contributed by atoms with Crippen molar-refractivity contribution in [2.24, 2.45) is 0 Å². The Hall–Kier alpha value is -4.42. The SMILES string of the molecule is N#Cc1c(CCCNC(=O)C(Cc2ccccc2)NC(=O)c2cccs2)nn(-c2ccccc2)c1N. The van der Waals surface area contributed by atoms with Crippen LogP contribution in [0, 0.1) is 11.3 Å².